The Morgan fingerprint density at radius 1 is 1.36 bits per heavy atom. The first-order chi connectivity index (χ1) is 11.9. The molecule has 0 saturated heterocycles. The second-order valence-electron chi connectivity index (χ2n) is 5.22. The number of carbonyl (C=O) groups excluding carboxylic acids is 1. The number of carbonyl (C=O) groups is 1. The first-order valence-electron chi connectivity index (χ1n) is 7.11. The predicted molar refractivity (Wildman–Crippen MR) is 87.4 cm³/mol. The number of nitro groups is 1. The van der Waals surface area contributed by atoms with Gasteiger partial charge in [-0.3, -0.25) is 14.9 Å². The Morgan fingerprint density at radius 3 is 2.72 bits per heavy atom. The molecule has 1 aliphatic rings. The van der Waals surface area contributed by atoms with Gasteiger partial charge in [-0.05, 0) is 18.2 Å². The van der Waals surface area contributed by atoms with E-state index in [0.717, 1.165) is 11.1 Å². The fourth-order valence-electron chi connectivity index (χ4n) is 2.34. The number of nitro benzene ring substituents is 1. The predicted octanol–water partition coefficient (Wildman–Crippen LogP) is 3.63. The van der Waals surface area contributed by atoms with E-state index < -0.39 is 22.9 Å². The molecule has 1 amide bonds. The monoisotopic (exact) mass is 363 g/mol. The summed E-state index contributed by atoms with van der Waals surface area (Å²) in [6, 6.07) is 9.38. The molecule has 0 unspecified atom stereocenters. The average molecular weight is 364 g/mol. The molecule has 0 saturated carbocycles. The molecule has 0 bridgehead atoms. The zero-order chi connectivity index (χ0) is 18.1. The van der Waals surface area contributed by atoms with Gasteiger partial charge in [0, 0.05) is 24.6 Å². The smallest absolute Gasteiger partial charge is 0.270 e. The van der Waals surface area contributed by atoms with Crippen LogP contribution in [0.2, 0.25) is 5.02 Å². The van der Waals surface area contributed by atoms with Gasteiger partial charge in [-0.25, -0.2) is 4.39 Å². The number of hydrogen-bond donors (Lipinski definition) is 0. The zero-order valence-electron chi connectivity index (χ0n) is 12.8. The van der Waals surface area contributed by atoms with Crippen LogP contribution in [0.1, 0.15) is 24.3 Å². The van der Waals surface area contributed by atoms with Gasteiger partial charge in [0.05, 0.1) is 15.5 Å². The molecule has 7 nitrogen and oxygen atoms in total. The Kier molecular flexibility index (Phi) is 4.37. The summed E-state index contributed by atoms with van der Waals surface area (Å²) >= 11 is 6.07. The average Bonchev–Trinajstić information content (AvgIpc) is 3.00. The van der Waals surface area contributed by atoms with E-state index in [0.29, 0.717) is 5.56 Å². The highest BCUT2D eigenvalue weighted by molar-refractivity contribution is 6.34. The molecule has 1 atom stereocenters. The minimum absolute atomic E-state index is 0.0179. The first-order valence-corrected chi connectivity index (χ1v) is 7.49. The van der Waals surface area contributed by atoms with E-state index in [4.69, 9.17) is 16.3 Å². The molecular formula is C16H11ClFN3O4. The van der Waals surface area contributed by atoms with Crippen LogP contribution in [-0.2, 0) is 9.53 Å². The summed E-state index contributed by atoms with van der Waals surface area (Å²) in [6.45, 7) is 1.29. The summed E-state index contributed by atoms with van der Waals surface area (Å²) in [4.78, 5) is 22.1. The van der Waals surface area contributed by atoms with Gasteiger partial charge in [-0.1, -0.05) is 23.7 Å². The van der Waals surface area contributed by atoms with Crippen LogP contribution in [0.3, 0.4) is 0 Å². The maximum atomic E-state index is 13.5. The summed E-state index contributed by atoms with van der Waals surface area (Å²) in [5.74, 6) is -0.877. The molecule has 25 heavy (non-hydrogen) atoms. The Bertz CT molecular complexity index is 903. The highest BCUT2D eigenvalue weighted by Gasteiger charge is 2.34. The van der Waals surface area contributed by atoms with Crippen LogP contribution in [0.4, 0.5) is 10.1 Å². The molecule has 0 radical (unpaired) electrons. The number of halogens is 2. The van der Waals surface area contributed by atoms with Crippen molar-refractivity contribution in [2.45, 2.75) is 13.2 Å². The molecule has 128 valence electrons. The highest BCUT2D eigenvalue weighted by atomic mass is 35.5. The van der Waals surface area contributed by atoms with Crippen LogP contribution in [0.15, 0.2) is 47.6 Å². The number of ether oxygens (including phenoxy) is 1. The van der Waals surface area contributed by atoms with Crippen molar-refractivity contribution in [3.8, 4) is 0 Å². The lowest BCUT2D eigenvalue weighted by molar-refractivity contribution is -0.384. The van der Waals surface area contributed by atoms with Crippen molar-refractivity contribution < 1.29 is 18.8 Å². The Hall–Kier alpha value is -3.00. The largest absolute Gasteiger partial charge is 0.446 e. The van der Waals surface area contributed by atoms with E-state index >= 15 is 0 Å². The lowest BCUT2D eigenvalue weighted by Gasteiger charge is -2.19. The standard InChI is InChI=1S/C16H11ClFN3O4/c1-9(22)20-16(10-3-2-4-11(18)7-10)25-15(19-20)13-6-5-12(21(23)24)8-14(13)17/h2-8,16H,1H3/t16-/m0/s1. The van der Waals surface area contributed by atoms with Gasteiger partial charge in [-0.2, -0.15) is 5.01 Å². The van der Waals surface area contributed by atoms with Crippen molar-refractivity contribution in [3.05, 3.63) is 74.5 Å². The fraction of sp³-hybridized carbons (Fsp3) is 0.125. The summed E-state index contributed by atoms with van der Waals surface area (Å²) in [7, 11) is 0. The van der Waals surface area contributed by atoms with Crippen molar-refractivity contribution in [1.82, 2.24) is 5.01 Å². The van der Waals surface area contributed by atoms with E-state index in [-0.39, 0.29) is 22.2 Å². The normalized spacial score (nSPS) is 16.4. The third-order valence-electron chi connectivity index (χ3n) is 3.49. The second-order valence-corrected chi connectivity index (χ2v) is 5.62. The number of non-ortho nitro benzene ring substituents is 1. The molecule has 2 aromatic rings. The molecule has 0 fully saturated rings. The van der Waals surface area contributed by atoms with E-state index in [1.807, 2.05) is 0 Å². The van der Waals surface area contributed by atoms with Crippen LogP contribution in [-0.4, -0.2) is 21.7 Å². The molecule has 1 aliphatic heterocycles. The number of hydrogen-bond acceptors (Lipinski definition) is 5. The molecule has 0 aromatic heterocycles. The van der Waals surface area contributed by atoms with E-state index in [1.165, 1.54) is 37.3 Å². The fourth-order valence-corrected chi connectivity index (χ4v) is 2.60. The number of hydrazone groups is 1. The number of amides is 1. The molecule has 0 N–H and O–H groups in total. The Balaban J connectivity index is 1.97. The van der Waals surface area contributed by atoms with Gasteiger partial charge in [0.15, 0.2) is 0 Å². The van der Waals surface area contributed by atoms with Gasteiger partial charge in [0.2, 0.25) is 18.0 Å². The lowest BCUT2D eigenvalue weighted by Crippen LogP contribution is -2.25. The maximum absolute atomic E-state index is 13.5. The van der Waals surface area contributed by atoms with E-state index in [2.05, 4.69) is 5.10 Å². The first kappa shape index (κ1) is 16.8. The van der Waals surface area contributed by atoms with E-state index in [9.17, 15) is 19.3 Å². The number of rotatable bonds is 3. The quantitative estimate of drug-likeness (QED) is 0.615. The lowest BCUT2D eigenvalue weighted by atomic mass is 10.2. The number of nitrogens with zero attached hydrogens (tertiary/aromatic N) is 3. The van der Waals surface area contributed by atoms with Crippen LogP contribution >= 0.6 is 11.6 Å². The van der Waals surface area contributed by atoms with Crippen molar-refractivity contribution in [3.63, 3.8) is 0 Å². The number of benzene rings is 2. The van der Waals surface area contributed by atoms with Crippen molar-refractivity contribution in [2.75, 3.05) is 0 Å². The topological polar surface area (TPSA) is 85.0 Å². The summed E-state index contributed by atoms with van der Waals surface area (Å²) < 4.78 is 19.1. The van der Waals surface area contributed by atoms with Crippen LogP contribution in [0.25, 0.3) is 0 Å². The summed E-state index contributed by atoms with van der Waals surface area (Å²) in [5.41, 5.74) is 0.502. The van der Waals surface area contributed by atoms with Gasteiger partial charge in [0.1, 0.15) is 5.82 Å². The molecule has 3 rings (SSSR count). The van der Waals surface area contributed by atoms with Crippen molar-refractivity contribution >= 4 is 29.1 Å². The zero-order valence-corrected chi connectivity index (χ0v) is 13.6. The molecule has 0 spiro atoms. The third-order valence-corrected chi connectivity index (χ3v) is 3.81. The molecule has 9 heteroatoms. The van der Waals surface area contributed by atoms with Gasteiger partial charge >= 0.3 is 0 Å². The van der Waals surface area contributed by atoms with Crippen molar-refractivity contribution in [1.29, 1.82) is 0 Å². The Labute approximate surface area is 146 Å². The van der Waals surface area contributed by atoms with Crippen LogP contribution < -0.4 is 0 Å². The molecule has 0 aliphatic carbocycles. The highest BCUT2D eigenvalue weighted by Crippen LogP contribution is 2.33. The summed E-state index contributed by atoms with van der Waals surface area (Å²) in [6.07, 6.45) is -0.950. The van der Waals surface area contributed by atoms with Crippen LogP contribution in [0, 0.1) is 15.9 Å². The van der Waals surface area contributed by atoms with E-state index in [1.54, 1.807) is 6.07 Å². The van der Waals surface area contributed by atoms with Gasteiger partial charge < -0.3 is 4.74 Å². The second kappa shape index (κ2) is 6.48. The van der Waals surface area contributed by atoms with Crippen LogP contribution in [0.5, 0.6) is 0 Å². The van der Waals surface area contributed by atoms with Gasteiger partial charge in [0.25, 0.3) is 5.69 Å². The third kappa shape index (κ3) is 3.29. The molecule has 1 heterocycles. The SMILES string of the molecule is CC(=O)N1N=C(c2ccc([N+](=O)[O-])cc2Cl)O[C@H]1c1cccc(F)c1. The minimum Gasteiger partial charge on any atom is -0.446 e. The maximum Gasteiger partial charge on any atom is 0.270 e. The molecular weight excluding hydrogens is 353 g/mol. The molecule has 2 aromatic carbocycles. The Morgan fingerprint density at radius 2 is 2.12 bits per heavy atom. The summed E-state index contributed by atoms with van der Waals surface area (Å²) in [5, 5.41) is 16.0. The van der Waals surface area contributed by atoms with Gasteiger partial charge in [-0.15, -0.1) is 5.10 Å². The van der Waals surface area contributed by atoms with Crippen molar-refractivity contribution in [2.24, 2.45) is 5.10 Å². The minimum atomic E-state index is -0.950.